The van der Waals surface area contributed by atoms with Crippen molar-refractivity contribution in [2.75, 3.05) is 19.8 Å². The average molecular weight is 541 g/mol. The first kappa shape index (κ1) is 28.0. The molecule has 2 N–H and O–H groups in total. The Hall–Kier alpha value is -3.05. The van der Waals surface area contributed by atoms with Gasteiger partial charge in [0.2, 0.25) is 5.91 Å². The second-order valence-electron chi connectivity index (χ2n) is 10.6. The van der Waals surface area contributed by atoms with E-state index in [4.69, 9.17) is 4.74 Å². The first-order valence-corrected chi connectivity index (χ1v) is 12.2. The molecule has 11 heteroatoms. The minimum absolute atomic E-state index is 0.0436. The van der Waals surface area contributed by atoms with E-state index in [0.29, 0.717) is 18.1 Å². The lowest BCUT2D eigenvalue weighted by Crippen LogP contribution is -2.50. The number of carbonyl (C=O) groups is 2. The number of hydrogen-bond acceptors (Lipinski definition) is 4. The third-order valence-corrected chi connectivity index (χ3v) is 7.05. The van der Waals surface area contributed by atoms with Gasteiger partial charge in [0, 0.05) is 23.6 Å². The van der Waals surface area contributed by atoms with Crippen molar-refractivity contribution in [2.24, 2.45) is 11.8 Å². The van der Waals surface area contributed by atoms with Crippen LogP contribution in [0.2, 0.25) is 0 Å². The molecule has 2 aromatic carbocycles. The number of halogens is 5. The molecule has 4 rings (SSSR count). The molecule has 2 amide bonds. The standard InChI is InChI=1S/C27H29F5N2O4/c1-14-7-22(34(11-14)25(36)15-5-4-6-17(8-15)26(2,3)37)24(35)33-23(16-12-38-13-16)18-9-21(29)19(10-20(18)28)27(30,31)32/h4-6,8-10,14,16,22-23,37H,7,11-13H2,1-3H3,(H,33,35)/t14-,22-,23-/m1/s1. The van der Waals surface area contributed by atoms with Crippen molar-refractivity contribution in [1.29, 1.82) is 0 Å². The van der Waals surface area contributed by atoms with Crippen molar-refractivity contribution in [3.63, 3.8) is 0 Å². The fourth-order valence-corrected chi connectivity index (χ4v) is 4.88. The average Bonchev–Trinajstić information content (AvgIpc) is 3.18. The topological polar surface area (TPSA) is 78.9 Å². The van der Waals surface area contributed by atoms with Gasteiger partial charge in [-0.25, -0.2) is 8.78 Å². The van der Waals surface area contributed by atoms with Gasteiger partial charge in [-0.15, -0.1) is 0 Å². The Balaban J connectivity index is 1.60. The van der Waals surface area contributed by atoms with Gasteiger partial charge in [0.05, 0.1) is 30.4 Å². The van der Waals surface area contributed by atoms with Crippen LogP contribution in [0, 0.1) is 23.5 Å². The lowest BCUT2D eigenvalue weighted by molar-refractivity contribution is -0.140. The maximum Gasteiger partial charge on any atom is 0.419 e. The first-order valence-electron chi connectivity index (χ1n) is 12.2. The Kier molecular flexibility index (Phi) is 7.55. The number of ether oxygens (including phenoxy) is 1. The van der Waals surface area contributed by atoms with Gasteiger partial charge in [-0.3, -0.25) is 9.59 Å². The van der Waals surface area contributed by atoms with E-state index < -0.39 is 64.4 Å². The smallest absolute Gasteiger partial charge is 0.386 e. The van der Waals surface area contributed by atoms with Gasteiger partial charge in [0.25, 0.3) is 5.91 Å². The first-order chi connectivity index (χ1) is 17.7. The van der Waals surface area contributed by atoms with Gasteiger partial charge < -0.3 is 20.1 Å². The summed E-state index contributed by atoms with van der Waals surface area (Å²) in [6.45, 7) is 5.49. The molecule has 2 fully saturated rings. The number of rotatable bonds is 6. The molecular formula is C27H29F5N2O4. The molecule has 0 radical (unpaired) electrons. The van der Waals surface area contributed by atoms with Crippen molar-refractivity contribution >= 4 is 11.8 Å². The molecule has 2 aliphatic heterocycles. The SMILES string of the molecule is C[C@@H]1C[C@H](C(=O)N[C@@H](c2cc(F)c(C(F)(F)F)cc2F)C2COC2)N(C(=O)c2cccc(C(C)(C)O)c2)C1. The monoisotopic (exact) mass is 540 g/mol. The Bertz CT molecular complexity index is 1220. The lowest BCUT2D eigenvalue weighted by atomic mass is 9.89. The van der Waals surface area contributed by atoms with Gasteiger partial charge >= 0.3 is 6.18 Å². The molecule has 206 valence electrons. The molecule has 0 aliphatic carbocycles. The Labute approximate surface area is 216 Å². The molecule has 0 aromatic heterocycles. The molecule has 2 aromatic rings. The van der Waals surface area contributed by atoms with E-state index in [9.17, 15) is 36.6 Å². The van der Waals surface area contributed by atoms with E-state index in [0.717, 1.165) is 0 Å². The molecule has 2 heterocycles. The molecule has 2 saturated heterocycles. The van der Waals surface area contributed by atoms with Crippen LogP contribution in [0.25, 0.3) is 0 Å². The summed E-state index contributed by atoms with van der Waals surface area (Å²) in [4.78, 5) is 28.2. The largest absolute Gasteiger partial charge is 0.419 e. The zero-order chi connectivity index (χ0) is 28.0. The maximum atomic E-state index is 14.8. The highest BCUT2D eigenvalue weighted by atomic mass is 19.4. The highest BCUT2D eigenvalue weighted by Crippen LogP contribution is 2.37. The van der Waals surface area contributed by atoms with E-state index in [1.165, 1.54) is 4.90 Å². The third kappa shape index (κ3) is 5.68. The summed E-state index contributed by atoms with van der Waals surface area (Å²) in [5.41, 5.74) is -2.55. The summed E-state index contributed by atoms with van der Waals surface area (Å²) < 4.78 is 73.5. The summed E-state index contributed by atoms with van der Waals surface area (Å²) in [5, 5.41) is 13.0. The number of nitrogens with zero attached hydrogens (tertiary/aromatic N) is 1. The highest BCUT2D eigenvalue weighted by Gasteiger charge is 2.42. The van der Waals surface area contributed by atoms with Gasteiger partial charge in [0.15, 0.2) is 0 Å². The Morgan fingerprint density at radius 3 is 2.37 bits per heavy atom. The lowest BCUT2D eigenvalue weighted by Gasteiger charge is -2.36. The van der Waals surface area contributed by atoms with Crippen LogP contribution in [0.4, 0.5) is 22.0 Å². The molecule has 0 bridgehead atoms. The number of likely N-dealkylation sites (tertiary alicyclic amines) is 1. The van der Waals surface area contributed by atoms with Crippen LogP contribution in [0.5, 0.6) is 0 Å². The summed E-state index contributed by atoms with van der Waals surface area (Å²) in [5.74, 6) is -4.54. The number of nitrogens with one attached hydrogen (secondary N) is 1. The van der Waals surface area contributed by atoms with E-state index >= 15 is 0 Å². The van der Waals surface area contributed by atoms with Crippen LogP contribution in [-0.2, 0) is 21.3 Å². The van der Waals surface area contributed by atoms with E-state index in [2.05, 4.69) is 5.32 Å². The molecule has 6 nitrogen and oxygen atoms in total. The summed E-state index contributed by atoms with van der Waals surface area (Å²) in [6, 6.07) is 4.89. The minimum Gasteiger partial charge on any atom is -0.386 e. The van der Waals surface area contributed by atoms with Gasteiger partial charge in [-0.2, -0.15) is 13.2 Å². The molecule has 0 unspecified atom stereocenters. The maximum absolute atomic E-state index is 14.8. The van der Waals surface area contributed by atoms with E-state index in [-0.39, 0.29) is 37.3 Å². The van der Waals surface area contributed by atoms with Crippen LogP contribution >= 0.6 is 0 Å². The second-order valence-corrected chi connectivity index (χ2v) is 10.6. The van der Waals surface area contributed by atoms with Crippen LogP contribution in [0.15, 0.2) is 36.4 Å². The molecule has 3 atom stereocenters. The van der Waals surface area contributed by atoms with Crippen LogP contribution in [-0.4, -0.2) is 47.6 Å². The van der Waals surface area contributed by atoms with Crippen LogP contribution < -0.4 is 5.32 Å². The van der Waals surface area contributed by atoms with Gasteiger partial charge in [-0.1, -0.05) is 19.1 Å². The van der Waals surface area contributed by atoms with E-state index in [1.807, 2.05) is 6.92 Å². The summed E-state index contributed by atoms with van der Waals surface area (Å²) in [6.07, 6.45) is -4.77. The minimum atomic E-state index is -5.08. The number of amides is 2. The quantitative estimate of drug-likeness (QED) is 0.527. The van der Waals surface area contributed by atoms with Crippen molar-refractivity contribution in [1.82, 2.24) is 10.2 Å². The number of alkyl halides is 3. The van der Waals surface area contributed by atoms with Crippen molar-refractivity contribution in [3.8, 4) is 0 Å². The number of hydrogen-bond donors (Lipinski definition) is 2. The highest BCUT2D eigenvalue weighted by molar-refractivity contribution is 5.98. The normalized spacial score (nSPS) is 21.2. The zero-order valence-electron chi connectivity index (χ0n) is 21.1. The predicted molar refractivity (Wildman–Crippen MR) is 127 cm³/mol. The van der Waals surface area contributed by atoms with E-state index in [1.54, 1.807) is 38.1 Å². The second kappa shape index (κ2) is 10.3. The third-order valence-electron chi connectivity index (χ3n) is 7.05. The summed E-state index contributed by atoms with van der Waals surface area (Å²) >= 11 is 0. The van der Waals surface area contributed by atoms with Crippen LogP contribution in [0.1, 0.15) is 60.3 Å². The molecule has 0 saturated carbocycles. The number of aliphatic hydroxyl groups is 1. The van der Waals surface area contributed by atoms with Gasteiger partial charge in [-0.05, 0) is 56.0 Å². The number of benzene rings is 2. The summed E-state index contributed by atoms with van der Waals surface area (Å²) in [7, 11) is 0. The predicted octanol–water partition coefficient (Wildman–Crippen LogP) is 4.57. The molecule has 0 spiro atoms. The van der Waals surface area contributed by atoms with Gasteiger partial charge in [0.1, 0.15) is 17.7 Å². The Morgan fingerprint density at radius 1 is 1.11 bits per heavy atom. The molecule has 38 heavy (non-hydrogen) atoms. The van der Waals surface area contributed by atoms with Crippen molar-refractivity contribution < 1.29 is 41.4 Å². The van der Waals surface area contributed by atoms with Crippen LogP contribution in [0.3, 0.4) is 0 Å². The Morgan fingerprint density at radius 2 is 1.79 bits per heavy atom. The molecular weight excluding hydrogens is 511 g/mol. The fourth-order valence-electron chi connectivity index (χ4n) is 4.88. The molecule has 2 aliphatic rings. The fraction of sp³-hybridized carbons (Fsp3) is 0.481. The zero-order valence-corrected chi connectivity index (χ0v) is 21.1. The number of carbonyl (C=O) groups excluding carboxylic acids is 2. The van der Waals surface area contributed by atoms with Crippen molar-refractivity contribution in [2.45, 2.75) is 51.1 Å². The van der Waals surface area contributed by atoms with Crippen molar-refractivity contribution in [3.05, 3.63) is 70.3 Å².